The SMILES string of the molecule is CCc1ccc(-n2[nH]c3c(cnc4ccc(C(=O)NC(C)C)cc43)c2=O)cc1. The van der Waals surface area contributed by atoms with Crippen LogP contribution in [0.2, 0.25) is 0 Å². The maximum absolute atomic E-state index is 12.9. The number of hydrogen-bond donors (Lipinski definition) is 2. The average Bonchev–Trinajstić information content (AvgIpc) is 3.04. The molecule has 0 aliphatic rings. The highest BCUT2D eigenvalue weighted by atomic mass is 16.1. The minimum absolute atomic E-state index is 0.0455. The van der Waals surface area contributed by atoms with Crippen LogP contribution < -0.4 is 10.9 Å². The summed E-state index contributed by atoms with van der Waals surface area (Å²) in [5.41, 5.74) is 3.75. The number of benzene rings is 2. The van der Waals surface area contributed by atoms with Crippen LogP contribution in [0.15, 0.2) is 53.5 Å². The van der Waals surface area contributed by atoms with Gasteiger partial charge in [-0.25, -0.2) is 4.68 Å². The summed E-state index contributed by atoms with van der Waals surface area (Å²) in [5, 5.41) is 7.33. The van der Waals surface area contributed by atoms with Crippen molar-refractivity contribution in [2.45, 2.75) is 33.2 Å². The molecule has 0 unspecified atom stereocenters. The fourth-order valence-corrected chi connectivity index (χ4v) is 3.31. The van der Waals surface area contributed by atoms with Gasteiger partial charge in [0.25, 0.3) is 11.5 Å². The van der Waals surface area contributed by atoms with Crippen molar-refractivity contribution in [3.05, 3.63) is 70.1 Å². The predicted molar refractivity (Wildman–Crippen MR) is 111 cm³/mol. The first-order valence-corrected chi connectivity index (χ1v) is 9.41. The summed E-state index contributed by atoms with van der Waals surface area (Å²) < 4.78 is 1.52. The molecule has 2 N–H and O–H groups in total. The Hall–Kier alpha value is -3.41. The molecule has 0 saturated heterocycles. The first kappa shape index (κ1) is 18.0. The van der Waals surface area contributed by atoms with E-state index in [1.165, 1.54) is 10.2 Å². The predicted octanol–water partition coefficient (Wildman–Crippen LogP) is 3.57. The van der Waals surface area contributed by atoms with Crippen LogP contribution in [0.1, 0.15) is 36.7 Å². The topological polar surface area (TPSA) is 79.8 Å². The van der Waals surface area contributed by atoms with Gasteiger partial charge in [0.2, 0.25) is 0 Å². The summed E-state index contributed by atoms with van der Waals surface area (Å²) >= 11 is 0. The van der Waals surface area contributed by atoms with Crippen molar-refractivity contribution in [2.75, 3.05) is 0 Å². The van der Waals surface area contributed by atoms with E-state index in [-0.39, 0.29) is 17.5 Å². The minimum Gasteiger partial charge on any atom is -0.350 e. The zero-order valence-corrected chi connectivity index (χ0v) is 16.1. The first-order chi connectivity index (χ1) is 13.5. The Morgan fingerprint density at radius 1 is 1.14 bits per heavy atom. The molecule has 0 aliphatic heterocycles. The molecule has 0 bridgehead atoms. The lowest BCUT2D eigenvalue weighted by atomic mass is 10.1. The molecule has 0 aliphatic carbocycles. The van der Waals surface area contributed by atoms with E-state index >= 15 is 0 Å². The fraction of sp³-hybridized carbons (Fsp3) is 0.227. The Kier molecular flexibility index (Phi) is 4.47. The minimum atomic E-state index is -0.161. The molecular weight excluding hydrogens is 352 g/mol. The van der Waals surface area contributed by atoms with E-state index in [2.05, 4.69) is 22.3 Å². The summed E-state index contributed by atoms with van der Waals surface area (Å²) in [5.74, 6) is -0.147. The molecule has 6 nitrogen and oxygen atoms in total. The van der Waals surface area contributed by atoms with Crippen LogP contribution in [-0.4, -0.2) is 26.7 Å². The number of rotatable bonds is 4. The molecule has 0 saturated carbocycles. The number of fused-ring (bicyclic) bond motifs is 3. The zero-order chi connectivity index (χ0) is 19.8. The van der Waals surface area contributed by atoms with Crippen molar-refractivity contribution in [2.24, 2.45) is 0 Å². The number of aromatic amines is 1. The first-order valence-electron chi connectivity index (χ1n) is 9.41. The third kappa shape index (κ3) is 3.07. The van der Waals surface area contributed by atoms with Gasteiger partial charge in [0.05, 0.1) is 22.1 Å². The fourth-order valence-electron chi connectivity index (χ4n) is 3.31. The Labute approximate surface area is 162 Å². The second-order valence-corrected chi connectivity index (χ2v) is 7.18. The molecule has 0 spiro atoms. The average molecular weight is 374 g/mol. The smallest absolute Gasteiger partial charge is 0.280 e. The van der Waals surface area contributed by atoms with Gasteiger partial charge in [0.15, 0.2) is 0 Å². The number of aromatic nitrogens is 3. The summed E-state index contributed by atoms with van der Waals surface area (Å²) in [4.78, 5) is 29.7. The number of amides is 1. The number of pyridine rings is 1. The van der Waals surface area contributed by atoms with Gasteiger partial charge < -0.3 is 5.32 Å². The van der Waals surface area contributed by atoms with Crippen molar-refractivity contribution >= 4 is 27.7 Å². The quantitative estimate of drug-likeness (QED) is 0.573. The molecule has 0 radical (unpaired) electrons. The second kappa shape index (κ2) is 6.96. The van der Waals surface area contributed by atoms with E-state index in [4.69, 9.17) is 0 Å². The number of H-pyrrole nitrogens is 1. The van der Waals surface area contributed by atoms with Crippen LogP contribution in [-0.2, 0) is 6.42 Å². The molecule has 4 rings (SSSR count). The van der Waals surface area contributed by atoms with Gasteiger partial charge in [-0.05, 0) is 56.2 Å². The van der Waals surface area contributed by atoms with E-state index < -0.39 is 0 Å². The number of hydrogen-bond acceptors (Lipinski definition) is 3. The number of aryl methyl sites for hydroxylation is 1. The molecule has 2 aromatic carbocycles. The third-order valence-corrected chi connectivity index (χ3v) is 4.81. The molecule has 28 heavy (non-hydrogen) atoms. The Morgan fingerprint density at radius 3 is 2.57 bits per heavy atom. The molecule has 1 amide bonds. The van der Waals surface area contributed by atoms with Gasteiger partial charge >= 0.3 is 0 Å². The highest BCUT2D eigenvalue weighted by Gasteiger charge is 2.14. The highest BCUT2D eigenvalue weighted by Crippen LogP contribution is 2.22. The molecule has 6 heteroatoms. The van der Waals surface area contributed by atoms with Crippen LogP contribution >= 0.6 is 0 Å². The summed E-state index contributed by atoms with van der Waals surface area (Å²) in [7, 11) is 0. The molecule has 2 aromatic heterocycles. The summed E-state index contributed by atoms with van der Waals surface area (Å²) in [6, 6.07) is 13.2. The standard InChI is InChI=1S/C22H22N4O2/c1-4-14-5-8-16(9-6-14)26-22(28)18-12-23-19-10-7-15(21(27)24-13(2)3)11-17(19)20(18)25-26/h5-13,25H,4H2,1-3H3,(H,24,27). The van der Waals surface area contributed by atoms with E-state index in [0.29, 0.717) is 16.5 Å². The van der Waals surface area contributed by atoms with Crippen molar-refractivity contribution in [3.8, 4) is 5.69 Å². The number of carbonyl (C=O) groups excluding carboxylic acids is 1. The van der Waals surface area contributed by atoms with Crippen molar-refractivity contribution in [1.82, 2.24) is 20.1 Å². The highest BCUT2D eigenvalue weighted by molar-refractivity contribution is 6.06. The largest absolute Gasteiger partial charge is 0.350 e. The van der Waals surface area contributed by atoms with Crippen molar-refractivity contribution in [1.29, 1.82) is 0 Å². The number of nitrogens with one attached hydrogen (secondary N) is 2. The van der Waals surface area contributed by atoms with E-state index in [9.17, 15) is 9.59 Å². The Bertz CT molecular complexity index is 1230. The Balaban J connectivity index is 1.89. The van der Waals surface area contributed by atoms with Crippen molar-refractivity contribution in [3.63, 3.8) is 0 Å². The zero-order valence-electron chi connectivity index (χ0n) is 16.1. The van der Waals surface area contributed by atoms with Gasteiger partial charge in [-0.15, -0.1) is 0 Å². The van der Waals surface area contributed by atoms with Gasteiger partial charge in [-0.2, -0.15) is 0 Å². The molecule has 142 valence electrons. The lowest BCUT2D eigenvalue weighted by Crippen LogP contribution is -2.29. The van der Waals surface area contributed by atoms with Gasteiger partial charge in [-0.1, -0.05) is 19.1 Å². The lowest BCUT2D eigenvalue weighted by molar-refractivity contribution is 0.0943. The van der Waals surface area contributed by atoms with Crippen molar-refractivity contribution < 1.29 is 4.79 Å². The maximum Gasteiger partial charge on any atom is 0.280 e. The van der Waals surface area contributed by atoms with E-state index in [1.807, 2.05) is 38.1 Å². The number of nitrogens with zero attached hydrogens (tertiary/aromatic N) is 2. The van der Waals surface area contributed by atoms with Gasteiger partial charge in [0.1, 0.15) is 0 Å². The normalized spacial score (nSPS) is 11.4. The van der Waals surface area contributed by atoms with Gasteiger partial charge in [0, 0.05) is 23.2 Å². The Morgan fingerprint density at radius 2 is 1.89 bits per heavy atom. The van der Waals surface area contributed by atoms with Gasteiger partial charge in [-0.3, -0.25) is 19.7 Å². The third-order valence-electron chi connectivity index (χ3n) is 4.81. The summed E-state index contributed by atoms with van der Waals surface area (Å²) in [6.45, 7) is 5.93. The molecular formula is C22H22N4O2. The lowest BCUT2D eigenvalue weighted by Gasteiger charge is -2.09. The van der Waals surface area contributed by atoms with Crippen LogP contribution in [0.5, 0.6) is 0 Å². The number of carbonyl (C=O) groups is 1. The molecule has 0 atom stereocenters. The van der Waals surface area contributed by atoms with Crippen LogP contribution in [0.25, 0.3) is 27.5 Å². The second-order valence-electron chi connectivity index (χ2n) is 7.18. The van der Waals surface area contributed by atoms with Crippen LogP contribution in [0.3, 0.4) is 0 Å². The molecule has 4 aromatic rings. The van der Waals surface area contributed by atoms with Crippen LogP contribution in [0, 0.1) is 0 Å². The monoisotopic (exact) mass is 374 g/mol. The molecule has 2 heterocycles. The van der Waals surface area contributed by atoms with E-state index in [1.54, 1.807) is 24.4 Å². The maximum atomic E-state index is 12.9. The summed E-state index contributed by atoms with van der Waals surface area (Å²) in [6.07, 6.45) is 2.53. The van der Waals surface area contributed by atoms with Crippen LogP contribution in [0.4, 0.5) is 0 Å². The van der Waals surface area contributed by atoms with E-state index in [0.717, 1.165) is 23.0 Å². The molecule has 0 fully saturated rings.